The Balaban J connectivity index is 1.94. The topological polar surface area (TPSA) is 72.0 Å². The zero-order chi connectivity index (χ0) is 17.8. The van der Waals surface area contributed by atoms with Gasteiger partial charge in [-0.2, -0.15) is 0 Å². The minimum absolute atomic E-state index is 0.403. The molecule has 5 nitrogen and oxygen atoms in total. The van der Waals surface area contributed by atoms with Gasteiger partial charge in [-0.3, -0.25) is 4.98 Å². The molecular formula is C19H16ClN3O2. The molecule has 0 unspecified atom stereocenters. The maximum absolute atomic E-state index is 10.2. The van der Waals surface area contributed by atoms with Gasteiger partial charge in [0.1, 0.15) is 10.7 Å². The second-order valence-corrected chi connectivity index (χ2v) is 6.96. The second-order valence-electron chi connectivity index (χ2n) is 6.57. The summed E-state index contributed by atoms with van der Waals surface area (Å²) >= 11 is 6.07. The number of nitrogens with zero attached hydrogens (tertiary/aromatic N) is 3. The molecule has 3 aromatic heterocycles. The third kappa shape index (κ3) is 2.75. The minimum Gasteiger partial charge on any atom is -0.436 e. The van der Waals surface area contributed by atoms with Gasteiger partial charge in [-0.25, -0.2) is 9.97 Å². The van der Waals surface area contributed by atoms with E-state index in [2.05, 4.69) is 15.0 Å². The molecule has 0 amide bonds. The molecule has 3 heterocycles. The van der Waals surface area contributed by atoms with Crippen LogP contribution in [0.25, 0.3) is 33.3 Å². The van der Waals surface area contributed by atoms with Gasteiger partial charge in [-0.1, -0.05) is 17.7 Å². The molecule has 4 aromatic rings. The molecule has 1 N–H and O–H groups in total. The number of aliphatic hydroxyl groups is 1. The van der Waals surface area contributed by atoms with E-state index in [9.17, 15) is 5.11 Å². The average Bonchev–Trinajstić information content (AvgIpc) is 2.97. The van der Waals surface area contributed by atoms with Crippen LogP contribution in [-0.2, 0) is 5.60 Å². The van der Waals surface area contributed by atoms with E-state index in [1.165, 1.54) is 0 Å². The highest BCUT2D eigenvalue weighted by Crippen LogP contribution is 2.33. The van der Waals surface area contributed by atoms with Gasteiger partial charge in [0.15, 0.2) is 5.58 Å². The van der Waals surface area contributed by atoms with E-state index in [1.54, 1.807) is 32.3 Å². The molecule has 1 aromatic carbocycles. The fraction of sp³-hybridized carbons (Fsp3) is 0.211. The summed E-state index contributed by atoms with van der Waals surface area (Å²) in [4.78, 5) is 13.1. The molecular weight excluding hydrogens is 338 g/mol. The van der Waals surface area contributed by atoms with Crippen molar-refractivity contribution in [2.24, 2.45) is 0 Å². The molecule has 0 atom stereocenters. The number of fused-ring (bicyclic) bond motifs is 2. The van der Waals surface area contributed by atoms with Gasteiger partial charge < -0.3 is 9.52 Å². The zero-order valence-electron chi connectivity index (χ0n) is 14.0. The summed E-state index contributed by atoms with van der Waals surface area (Å²) in [6, 6.07) is 7.28. The van der Waals surface area contributed by atoms with Crippen molar-refractivity contribution in [3.05, 3.63) is 53.1 Å². The lowest BCUT2D eigenvalue weighted by Gasteiger charge is -2.16. The number of aryl methyl sites for hydroxylation is 1. The standard InChI is InChI=1S/C19H16ClN3O2/c1-10-13-8-22-17(20)7-12(13)14(9-21-10)18-23-15-6-11(19(2,3)24)4-5-16(15)25-18/h4-9,24H,1-3H3. The molecule has 0 fully saturated rings. The zero-order valence-corrected chi connectivity index (χ0v) is 14.8. The van der Waals surface area contributed by atoms with Gasteiger partial charge >= 0.3 is 0 Å². The number of pyridine rings is 2. The van der Waals surface area contributed by atoms with Crippen molar-refractivity contribution in [2.45, 2.75) is 26.4 Å². The Morgan fingerprint density at radius 1 is 1.08 bits per heavy atom. The summed E-state index contributed by atoms with van der Waals surface area (Å²) in [5.74, 6) is 0.461. The van der Waals surface area contributed by atoms with Crippen molar-refractivity contribution >= 4 is 33.5 Å². The average molecular weight is 354 g/mol. The summed E-state index contributed by atoms with van der Waals surface area (Å²) in [6.07, 6.45) is 3.44. The van der Waals surface area contributed by atoms with Gasteiger partial charge in [0.05, 0.1) is 11.2 Å². The molecule has 0 aliphatic carbocycles. The molecule has 0 saturated heterocycles. The van der Waals surface area contributed by atoms with Gasteiger partial charge in [0.25, 0.3) is 0 Å². The lowest BCUT2D eigenvalue weighted by atomic mass is 9.98. The maximum atomic E-state index is 10.2. The molecule has 0 bridgehead atoms. The first-order chi connectivity index (χ1) is 11.8. The first kappa shape index (κ1) is 16.0. The fourth-order valence-electron chi connectivity index (χ4n) is 2.84. The smallest absolute Gasteiger partial charge is 0.229 e. The summed E-state index contributed by atoms with van der Waals surface area (Å²) in [5.41, 5.74) is 2.79. The predicted molar refractivity (Wildman–Crippen MR) is 97.5 cm³/mol. The van der Waals surface area contributed by atoms with Crippen molar-refractivity contribution in [3.63, 3.8) is 0 Å². The number of rotatable bonds is 2. The third-order valence-corrected chi connectivity index (χ3v) is 4.47. The lowest BCUT2D eigenvalue weighted by Crippen LogP contribution is -2.14. The van der Waals surface area contributed by atoms with Gasteiger partial charge in [0.2, 0.25) is 5.89 Å². The van der Waals surface area contributed by atoms with Gasteiger partial charge in [0, 0.05) is 28.9 Å². The quantitative estimate of drug-likeness (QED) is 0.532. The molecule has 0 spiro atoms. The lowest BCUT2D eigenvalue weighted by molar-refractivity contribution is 0.0787. The SMILES string of the molecule is Cc1ncc(-c2nc3cc(C(C)(C)O)ccc3o2)c2cc(Cl)ncc12. The van der Waals surface area contributed by atoms with Crippen LogP contribution >= 0.6 is 11.6 Å². The van der Waals surface area contributed by atoms with Crippen LogP contribution in [0.4, 0.5) is 0 Å². The number of hydrogen-bond acceptors (Lipinski definition) is 5. The van der Waals surface area contributed by atoms with Crippen LogP contribution in [0.5, 0.6) is 0 Å². The summed E-state index contributed by atoms with van der Waals surface area (Å²) in [5, 5.41) is 12.4. The van der Waals surface area contributed by atoms with Crippen LogP contribution in [0.15, 0.2) is 41.1 Å². The largest absolute Gasteiger partial charge is 0.436 e. The van der Waals surface area contributed by atoms with E-state index >= 15 is 0 Å². The van der Waals surface area contributed by atoms with E-state index in [-0.39, 0.29) is 0 Å². The van der Waals surface area contributed by atoms with Crippen molar-refractivity contribution in [2.75, 3.05) is 0 Å². The van der Waals surface area contributed by atoms with E-state index in [0.29, 0.717) is 22.1 Å². The second kappa shape index (κ2) is 5.51. The molecule has 0 radical (unpaired) electrons. The minimum atomic E-state index is -0.940. The molecule has 0 aliphatic heterocycles. The van der Waals surface area contributed by atoms with Crippen molar-refractivity contribution in [1.82, 2.24) is 15.0 Å². The predicted octanol–water partition coefficient (Wildman–Crippen LogP) is 4.63. The van der Waals surface area contributed by atoms with E-state index in [1.807, 2.05) is 25.1 Å². The Bertz CT molecular complexity index is 1110. The van der Waals surface area contributed by atoms with Crippen LogP contribution in [0, 0.1) is 6.92 Å². The molecule has 25 heavy (non-hydrogen) atoms. The molecule has 0 saturated carbocycles. The Morgan fingerprint density at radius 3 is 2.64 bits per heavy atom. The first-order valence-corrected chi connectivity index (χ1v) is 8.25. The summed E-state index contributed by atoms with van der Waals surface area (Å²) in [7, 11) is 0. The Hall–Kier alpha value is -2.50. The maximum Gasteiger partial charge on any atom is 0.229 e. The highest BCUT2D eigenvalue weighted by Gasteiger charge is 2.19. The van der Waals surface area contributed by atoms with Crippen molar-refractivity contribution in [1.29, 1.82) is 0 Å². The van der Waals surface area contributed by atoms with Crippen LogP contribution in [0.3, 0.4) is 0 Å². The molecule has 126 valence electrons. The Labute approximate surface area is 149 Å². The highest BCUT2D eigenvalue weighted by atomic mass is 35.5. The Kier molecular flexibility index (Phi) is 3.52. The molecule has 0 aliphatic rings. The number of halogens is 1. The monoisotopic (exact) mass is 353 g/mol. The Morgan fingerprint density at radius 2 is 1.88 bits per heavy atom. The third-order valence-electron chi connectivity index (χ3n) is 4.26. The van der Waals surface area contributed by atoms with Crippen molar-refractivity contribution < 1.29 is 9.52 Å². The number of oxazole rings is 1. The highest BCUT2D eigenvalue weighted by molar-refractivity contribution is 6.30. The number of aromatic nitrogens is 3. The van der Waals surface area contributed by atoms with Crippen LogP contribution in [0.2, 0.25) is 5.15 Å². The van der Waals surface area contributed by atoms with Crippen LogP contribution in [0.1, 0.15) is 25.1 Å². The summed E-state index contributed by atoms with van der Waals surface area (Å²) in [6.45, 7) is 5.40. The number of hydrogen-bond donors (Lipinski definition) is 1. The fourth-order valence-corrected chi connectivity index (χ4v) is 2.99. The van der Waals surface area contributed by atoms with Gasteiger partial charge in [-0.15, -0.1) is 0 Å². The van der Waals surface area contributed by atoms with Gasteiger partial charge in [-0.05, 0) is 44.5 Å². The molecule has 4 rings (SSSR count). The van der Waals surface area contributed by atoms with Crippen LogP contribution < -0.4 is 0 Å². The van der Waals surface area contributed by atoms with Crippen molar-refractivity contribution in [3.8, 4) is 11.5 Å². The van der Waals surface area contributed by atoms with E-state index in [0.717, 1.165) is 27.6 Å². The number of benzene rings is 1. The molecule has 6 heteroatoms. The first-order valence-electron chi connectivity index (χ1n) is 7.87. The normalized spacial score (nSPS) is 12.2. The summed E-state index contributed by atoms with van der Waals surface area (Å²) < 4.78 is 5.91. The van der Waals surface area contributed by atoms with Crippen LogP contribution in [-0.4, -0.2) is 20.1 Å². The van der Waals surface area contributed by atoms with E-state index < -0.39 is 5.60 Å². The van der Waals surface area contributed by atoms with E-state index in [4.69, 9.17) is 16.0 Å².